The van der Waals surface area contributed by atoms with E-state index in [0.717, 1.165) is 33.3 Å². The predicted octanol–water partition coefficient (Wildman–Crippen LogP) is 5.25. The lowest BCUT2D eigenvalue weighted by Gasteiger charge is -2.19. The fraction of sp³-hybridized carbons (Fsp3) is 0.385. The quantitative estimate of drug-likeness (QED) is 0.467. The summed E-state index contributed by atoms with van der Waals surface area (Å²) in [6.07, 6.45) is 1.29. The smallest absolute Gasteiger partial charge is 0.333 e. The van der Waals surface area contributed by atoms with Crippen LogP contribution in [0.3, 0.4) is 0 Å². The summed E-state index contributed by atoms with van der Waals surface area (Å²) in [6, 6.07) is 11.5. The fourth-order valence-electron chi connectivity index (χ4n) is 3.55. The minimum absolute atomic E-state index is 0.0195. The third-order valence-electron chi connectivity index (χ3n) is 5.33. The van der Waals surface area contributed by atoms with Gasteiger partial charge in [0.05, 0.1) is 17.2 Å². The van der Waals surface area contributed by atoms with Crippen molar-refractivity contribution in [3.8, 4) is 11.5 Å². The SMILES string of the molecule is CCOC(Cc1ccc(OCc2cnc3ccc(C)c(C)c3c2OC(C)C)cc1)C(=O)O. The van der Waals surface area contributed by atoms with Gasteiger partial charge in [-0.05, 0) is 69.5 Å². The molecule has 0 spiro atoms. The molecule has 0 aliphatic carbocycles. The van der Waals surface area contributed by atoms with E-state index in [-0.39, 0.29) is 6.10 Å². The number of carbonyl (C=O) groups is 1. The van der Waals surface area contributed by atoms with Gasteiger partial charge in [0.2, 0.25) is 0 Å². The van der Waals surface area contributed by atoms with Crippen LogP contribution in [0.1, 0.15) is 43.0 Å². The number of aryl methyl sites for hydroxylation is 2. The standard InChI is InChI=1S/C26H31NO5/c1-6-30-23(26(28)29)13-19-8-10-21(11-9-19)31-15-20-14-27-22-12-7-17(4)18(5)24(22)25(20)32-16(2)3/h7-12,14,16,23H,6,13,15H2,1-5H3,(H,28,29). The highest BCUT2D eigenvalue weighted by atomic mass is 16.5. The zero-order chi connectivity index (χ0) is 23.3. The zero-order valence-electron chi connectivity index (χ0n) is 19.3. The third kappa shape index (κ3) is 5.56. The van der Waals surface area contributed by atoms with Crippen LogP contribution in [0.25, 0.3) is 10.9 Å². The summed E-state index contributed by atoms with van der Waals surface area (Å²) in [5, 5.41) is 10.3. The van der Waals surface area contributed by atoms with E-state index in [1.54, 1.807) is 6.92 Å². The Morgan fingerprint density at radius 3 is 2.44 bits per heavy atom. The van der Waals surface area contributed by atoms with Crippen molar-refractivity contribution in [3.63, 3.8) is 0 Å². The van der Waals surface area contributed by atoms with Gasteiger partial charge in [0.15, 0.2) is 6.10 Å². The molecule has 6 heteroatoms. The lowest BCUT2D eigenvalue weighted by molar-refractivity contribution is -0.149. The molecule has 170 valence electrons. The van der Waals surface area contributed by atoms with Crippen molar-refractivity contribution in [2.24, 2.45) is 0 Å². The highest BCUT2D eigenvalue weighted by Gasteiger charge is 2.18. The van der Waals surface area contributed by atoms with Crippen LogP contribution in [-0.2, 0) is 22.6 Å². The van der Waals surface area contributed by atoms with Crippen LogP contribution < -0.4 is 9.47 Å². The van der Waals surface area contributed by atoms with Crippen LogP contribution in [0, 0.1) is 13.8 Å². The minimum Gasteiger partial charge on any atom is -0.490 e. The molecule has 3 aromatic rings. The molecule has 0 fully saturated rings. The van der Waals surface area contributed by atoms with Gasteiger partial charge in [-0.2, -0.15) is 0 Å². The van der Waals surface area contributed by atoms with Gasteiger partial charge >= 0.3 is 5.97 Å². The van der Waals surface area contributed by atoms with Crippen LogP contribution in [-0.4, -0.2) is 34.9 Å². The lowest BCUT2D eigenvalue weighted by Crippen LogP contribution is -2.26. The number of carboxylic acid groups (broad SMARTS) is 1. The molecule has 0 aliphatic heterocycles. The van der Waals surface area contributed by atoms with Crippen LogP contribution in [0.5, 0.6) is 11.5 Å². The van der Waals surface area contributed by atoms with Gasteiger partial charge < -0.3 is 19.3 Å². The number of aliphatic carboxylic acids is 1. The average molecular weight is 438 g/mol. The fourth-order valence-corrected chi connectivity index (χ4v) is 3.55. The first-order chi connectivity index (χ1) is 15.3. The van der Waals surface area contributed by atoms with Crippen molar-refractivity contribution in [2.45, 2.75) is 59.9 Å². The van der Waals surface area contributed by atoms with Gasteiger partial charge in [0, 0.05) is 24.6 Å². The van der Waals surface area contributed by atoms with E-state index in [9.17, 15) is 9.90 Å². The van der Waals surface area contributed by atoms with Crippen LogP contribution in [0.15, 0.2) is 42.6 Å². The number of benzene rings is 2. The molecular weight excluding hydrogens is 406 g/mol. The van der Waals surface area contributed by atoms with Crippen molar-refractivity contribution >= 4 is 16.9 Å². The van der Waals surface area contributed by atoms with Crippen molar-refractivity contribution < 1.29 is 24.1 Å². The molecule has 1 unspecified atom stereocenters. The topological polar surface area (TPSA) is 77.9 Å². The molecule has 0 aliphatic rings. The van der Waals surface area contributed by atoms with E-state index in [0.29, 0.717) is 25.4 Å². The minimum atomic E-state index is -0.959. The maximum atomic E-state index is 11.3. The number of carboxylic acids is 1. The Labute approximate surface area is 189 Å². The number of fused-ring (bicyclic) bond motifs is 1. The van der Waals surface area contributed by atoms with E-state index in [1.165, 1.54) is 5.56 Å². The number of aromatic nitrogens is 1. The van der Waals surface area contributed by atoms with Crippen LogP contribution in [0.4, 0.5) is 0 Å². The number of ether oxygens (including phenoxy) is 3. The van der Waals surface area contributed by atoms with Crippen molar-refractivity contribution in [3.05, 3.63) is 64.8 Å². The number of pyridine rings is 1. The van der Waals surface area contributed by atoms with Gasteiger partial charge in [0.1, 0.15) is 18.1 Å². The second-order valence-corrected chi connectivity index (χ2v) is 8.10. The number of hydrogen-bond acceptors (Lipinski definition) is 5. The predicted molar refractivity (Wildman–Crippen MR) is 125 cm³/mol. The van der Waals surface area contributed by atoms with Crippen LogP contribution >= 0.6 is 0 Å². The zero-order valence-corrected chi connectivity index (χ0v) is 19.3. The molecule has 6 nitrogen and oxygen atoms in total. The van der Waals surface area contributed by atoms with E-state index < -0.39 is 12.1 Å². The Kier molecular flexibility index (Phi) is 7.70. The first-order valence-corrected chi connectivity index (χ1v) is 10.9. The second-order valence-electron chi connectivity index (χ2n) is 8.10. The highest BCUT2D eigenvalue weighted by molar-refractivity contribution is 5.90. The molecule has 0 radical (unpaired) electrons. The van der Waals surface area contributed by atoms with Gasteiger partial charge in [-0.15, -0.1) is 0 Å². The highest BCUT2D eigenvalue weighted by Crippen LogP contribution is 2.34. The molecule has 1 N–H and O–H groups in total. The monoisotopic (exact) mass is 437 g/mol. The first-order valence-electron chi connectivity index (χ1n) is 10.9. The number of nitrogens with zero attached hydrogens (tertiary/aromatic N) is 1. The normalized spacial score (nSPS) is 12.2. The summed E-state index contributed by atoms with van der Waals surface area (Å²) in [6.45, 7) is 10.6. The summed E-state index contributed by atoms with van der Waals surface area (Å²) < 4.78 is 17.5. The van der Waals surface area contributed by atoms with Gasteiger partial charge in [-0.3, -0.25) is 4.98 Å². The molecular formula is C26H31NO5. The summed E-state index contributed by atoms with van der Waals surface area (Å²) in [5.41, 5.74) is 5.00. The molecule has 0 bridgehead atoms. The molecule has 1 aromatic heterocycles. The Bertz CT molecular complexity index is 1080. The number of hydrogen-bond donors (Lipinski definition) is 1. The lowest BCUT2D eigenvalue weighted by atomic mass is 10.0. The molecule has 0 saturated heterocycles. The Morgan fingerprint density at radius 2 is 1.81 bits per heavy atom. The van der Waals surface area contributed by atoms with E-state index in [2.05, 4.69) is 24.9 Å². The molecule has 0 amide bonds. The van der Waals surface area contributed by atoms with E-state index in [4.69, 9.17) is 14.2 Å². The van der Waals surface area contributed by atoms with E-state index in [1.807, 2.05) is 50.4 Å². The Hall–Kier alpha value is -3.12. The molecule has 2 aromatic carbocycles. The first kappa shape index (κ1) is 23.5. The molecule has 0 saturated carbocycles. The third-order valence-corrected chi connectivity index (χ3v) is 5.33. The van der Waals surface area contributed by atoms with Gasteiger partial charge in [-0.1, -0.05) is 18.2 Å². The second kappa shape index (κ2) is 10.5. The molecule has 32 heavy (non-hydrogen) atoms. The maximum absolute atomic E-state index is 11.3. The summed E-state index contributed by atoms with van der Waals surface area (Å²) in [4.78, 5) is 15.9. The Balaban J connectivity index is 1.80. The molecule has 1 heterocycles. The van der Waals surface area contributed by atoms with Gasteiger partial charge in [0.25, 0.3) is 0 Å². The van der Waals surface area contributed by atoms with Crippen LogP contribution in [0.2, 0.25) is 0 Å². The van der Waals surface area contributed by atoms with Crippen molar-refractivity contribution in [1.29, 1.82) is 0 Å². The maximum Gasteiger partial charge on any atom is 0.333 e. The summed E-state index contributed by atoms with van der Waals surface area (Å²) >= 11 is 0. The van der Waals surface area contributed by atoms with E-state index >= 15 is 0 Å². The molecule has 3 rings (SSSR count). The average Bonchev–Trinajstić information content (AvgIpc) is 2.75. The molecule has 1 atom stereocenters. The Morgan fingerprint density at radius 1 is 1.09 bits per heavy atom. The van der Waals surface area contributed by atoms with Crippen molar-refractivity contribution in [1.82, 2.24) is 4.98 Å². The van der Waals surface area contributed by atoms with Crippen molar-refractivity contribution in [2.75, 3.05) is 6.61 Å². The summed E-state index contributed by atoms with van der Waals surface area (Å²) in [7, 11) is 0. The van der Waals surface area contributed by atoms with Gasteiger partial charge in [-0.25, -0.2) is 4.79 Å². The summed E-state index contributed by atoms with van der Waals surface area (Å²) in [5.74, 6) is 0.539. The largest absolute Gasteiger partial charge is 0.490 e. The number of rotatable bonds is 10.